The molecule has 0 aliphatic carbocycles. The molecule has 2 aromatic rings. The zero-order valence-corrected chi connectivity index (χ0v) is 12.2. The predicted octanol–water partition coefficient (Wildman–Crippen LogP) is 1.89. The third kappa shape index (κ3) is 3.38. The number of rotatable bonds is 4. The van der Waals surface area contributed by atoms with E-state index in [1.165, 1.54) is 4.68 Å². The maximum atomic E-state index is 12.0. The minimum Gasteiger partial charge on any atom is -0.476 e. The highest BCUT2D eigenvalue weighted by Gasteiger charge is 2.17. The van der Waals surface area contributed by atoms with Crippen molar-refractivity contribution < 1.29 is 14.7 Å². The van der Waals surface area contributed by atoms with Crippen molar-refractivity contribution in [2.45, 2.75) is 20.4 Å². The van der Waals surface area contributed by atoms with Crippen LogP contribution in [-0.4, -0.2) is 32.0 Å². The number of aromatic carboxylic acids is 1. The lowest BCUT2D eigenvalue weighted by Gasteiger charge is -2.09. The Balaban J connectivity index is 2.12. The monoisotopic (exact) mass is 308 g/mol. The molecule has 0 aliphatic heterocycles. The molecule has 1 heterocycles. The molecule has 0 spiro atoms. The first-order chi connectivity index (χ1) is 9.88. The number of carbonyl (C=O) groups excluding carboxylic acids is 1. The molecule has 1 aromatic carbocycles. The van der Waals surface area contributed by atoms with Gasteiger partial charge in [-0.05, 0) is 31.5 Å². The number of hydrogen-bond acceptors (Lipinski definition) is 4. The Labute approximate surface area is 125 Å². The van der Waals surface area contributed by atoms with Crippen LogP contribution >= 0.6 is 11.6 Å². The Morgan fingerprint density at radius 3 is 2.71 bits per heavy atom. The second-order valence-corrected chi connectivity index (χ2v) is 4.93. The van der Waals surface area contributed by atoms with Gasteiger partial charge in [-0.25, -0.2) is 9.48 Å². The van der Waals surface area contributed by atoms with Crippen LogP contribution in [0.5, 0.6) is 0 Å². The maximum absolute atomic E-state index is 12.0. The van der Waals surface area contributed by atoms with Crippen LogP contribution < -0.4 is 5.32 Å². The average Bonchev–Trinajstić information content (AvgIpc) is 2.75. The number of nitrogens with zero attached hydrogens (tertiary/aromatic N) is 3. The molecule has 0 saturated carbocycles. The molecule has 8 heteroatoms. The Morgan fingerprint density at radius 2 is 2.10 bits per heavy atom. The first kappa shape index (κ1) is 15.0. The summed E-state index contributed by atoms with van der Waals surface area (Å²) in [6.07, 6.45) is 0. The van der Waals surface area contributed by atoms with E-state index in [4.69, 9.17) is 16.7 Å². The van der Waals surface area contributed by atoms with E-state index >= 15 is 0 Å². The highest BCUT2D eigenvalue weighted by atomic mass is 35.5. The summed E-state index contributed by atoms with van der Waals surface area (Å²) in [5.74, 6) is -1.52. The molecule has 7 nitrogen and oxygen atoms in total. The molecular weight excluding hydrogens is 296 g/mol. The summed E-state index contributed by atoms with van der Waals surface area (Å²) < 4.78 is 1.23. The molecule has 0 atom stereocenters. The van der Waals surface area contributed by atoms with E-state index in [1.54, 1.807) is 25.1 Å². The number of aryl methyl sites for hydroxylation is 1. The van der Waals surface area contributed by atoms with Crippen molar-refractivity contribution in [1.82, 2.24) is 15.0 Å². The fourth-order valence-electron chi connectivity index (χ4n) is 1.76. The fourth-order valence-corrected chi connectivity index (χ4v) is 1.93. The fraction of sp³-hybridized carbons (Fsp3) is 0.231. The van der Waals surface area contributed by atoms with Crippen LogP contribution in [0.3, 0.4) is 0 Å². The molecule has 110 valence electrons. The number of carboxylic acid groups (broad SMARTS) is 1. The van der Waals surface area contributed by atoms with Gasteiger partial charge in [0.2, 0.25) is 5.91 Å². The van der Waals surface area contributed by atoms with Crippen LogP contribution in [0, 0.1) is 13.8 Å². The number of carbonyl (C=O) groups is 2. The molecule has 0 aliphatic rings. The lowest BCUT2D eigenvalue weighted by Crippen LogP contribution is -2.21. The second kappa shape index (κ2) is 5.92. The largest absolute Gasteiger partial charge is 0.476 e. The Bertz CT molecular complexity index is 711. The quantitative estimate of drug-likeness (QED) is 0.899. The van der Waals surface area contributed by atoms with Crippen molar-refractivity contribution in [1.29, 1.82) is 0 Å². The van der Waals surface area contributed by atoms with Crippen molar-refractivity contribution >= 4 is 29.2 Å². The zero-order valence-electron chi connectivity index (χ0n) is 11.4. The smallest absolute Gasteiger partial charge is 0.358 e. The van der Waals surface area contributed by atoms with Gasteiger partial charge in [-0.3, -0.25) is 4.79 Å². The zero-order chi connectivity index (χ0) is 15.6. The molecule has 1 aromatic heterocycles. The number of carboxylic acids is 1. The molecule has 2 N–H and O–H groups in total. The van der Waals surface area contributed by atoms with Crippen molar-refractivity contribution in [2.24, 2.45) is 0 Å². The summed E-state index contributed by atoms with van der Waals surface area (Å²) in [5.41, 5.74) is 1.63. The van der Waals surface area contributed by atoms with Crippen LogP contribution in [-0.2, 0) is 11.3 Å². The number of benzene rings is 1. The van der Waals surface area contributed by atoms with Crippen molar-refractivity contribution in [3.05, 3.63) is 40.2 Å². The Hall–Kier alpha value is -2.41. The third-order valence-electron chi connectivity index (χ3n) is 2.95. The number of aromatic nitrogens is 3. The molecule has 21 heavy (non-hydrogen) atoms. The van der Waals surface area contributed by atoms with Crippen molar-refractivity contribution in [3.8, 4) is 0 Å². The van der Waals surface area contributed by atoms with Crippen LogP contribution in [0.2, 0.25) is 5.02 Å². The summed E-state index contributed by atoms with van der Waals surface area (Å²) >= 11 is 5.88. The minimum absolute atomic E-state index is 0.127. The normalized spacial score (nSPS) is 10.4. The standard InChI is InChI=1S/C13H13ClN4O3/c1-7-3-4-9(14)5-10(7)15-11(19)6-18-8(2)12(13(20)21)16-17-18/h3-5H,6H2,1-2H3,(H,15,19)(H,20,21). The number of halogens is 1. The topological polar surface area (TPSA) is 97.1 Å². The van der Waals surface area contributed by atoms with Gasteiger partial charge in [0.25, 0.3) is 0 Å². The summed E-state index contributed by atoms with van der Waals surface area (Å²) in [5, 5.41) is 19.3. The van der Waals surface area contributed by atoms with Gasteiger partial charge in [-0.2, -0.15) is 0 Å². The van der Waals surface area contributed by atoms with Gasteiger partial charge in [-0.1, -0.05) is 22.9 Å². The van der Waals surface area contributed by atoms with E-state index in [9.17, 15) is 9.59 Å². The first-order valence-electron chi connectivity index (χ1n) is 6.08. The number of nitrogens with one attached hydrogen (secondary N) is 1. The number of amides is 1. The molecule has 1 amide bonds. The first-order valence-corrected chi connectivity index (χ1v) is 6.45. The van der Waals surface area contributed by atoms with E-state index in [1.807, 2.05) is 6.92 Å². The summed E-state index contributed by atoms with van der Waals surface area (Å²) in [6, 6.07) is 5.17. The van der Waals surface area contributed by atoms with Gasteiger partial charge in [-0.15, -0.1) is 5.10 Å². The minimum atomic E-state index is -1.18. The SMILES string of the molecule is Cc1ccc(Cl)cc1NC(=O)Cn1nnc(C(=O)O)c1C. The third-order valence-corrected chi connectivity index (χ3v) is 3.19. The molecular formula is C13H13ClN4O3. The van der Waals surface area contributed by atoms with Gasteiger partial charge in [0.1, 0.15) is 6.54 Å². The Kier molecular flexibility index (Phi) is 4.23. The molecule has 0 saturated heterocycles. The average molecular weight is 309 g/mol. The van der Waals surface area contributed by atoms with Crippen molar-refractivity contribution in [2.75, 3.05) is 5.32 Å². The lowest BCUT2D eigenvalue weighted by molar-refractivity contribution is -0.117. The van der Waals surface area contributed by atoms with Crippen LogP contribution in [0.15, 0.2) is 18.2 Å². The molecule has 0 fully saturated rings. The van der Waals surface area contributed by atoms with Gasteiger partial charge in [0.15, 0.2) is 5.69 Å². The van der Waals surface area contributed by atoms with Crippen LogP contribution in [0.25, 0.3) is 0 Å². The summed E-state index contributed by atoms with van der Waals surface area (Å²) in [4.78, 5) is 22.8. The lowest BCUT2D eigenvalue weighted by atomic mass is 10.2. The van der Waals surface area contributed by atoms with E-state index < -0.39 is 5.97 Å². The highest BCUT2D eigenvalue weighted by Crippen LogP contribution is 2.20. The summed E-state index contributed by atoms with van der Waals surface area (Å²) in [7, 11) is 0. The highest BCUT2D eigenvalue weighted by molar-refractivity contribution is 6.31. The van der Waals surface area contributed by atoms with Gasteiger partial charge >= 0.3 is 5.97 Å². The molecule has 0 unspecified atom stereocenters. The van der Waals surface area contributed by atoms with Gasteiger partial charge in [0, 0.05) is 10.7 Å². The maximum Gasteiger partial charge on any atom is 0.358 e. The molecule has 0 bridgehead atoms. The van der Waals surface area contributed by atoms with E-state index in [0.717, 1.165) is 5.56 Å². The molecule has 0 radical (unpaired) electrons. The second-order valence-electron chi connectivity index (χ2n) is 4.49. The van der Waals surface area contributed by atoms with Crippen molar-refractivity contribution in [3.63, 3.8) is 0 Å². The van der Waals surface area contributed by atoms with E-state index in [0.29, 0.717) is 16.4 Å². The van der Waals surface area contributed by atoms with E-state index in [-0.39, 0.29) is 18.1 Å². The van der Waals surface area contributed by atoms with E-state index in [2.05, 4.69) is 15.6 Å². The molecule has 2 rings (SSSR count). The van der Waals surface area contributed by atoms with Crippen LogP contribution in [0.4, 0.5) is 5.69 Å². The van der Waals surface area contributed by atoms with Gasteiger partial charge < -0.3 is 10.4 Å². The Morgan fingerprint density at radius 1 is 1.38 bits per heavy atom. The number of hydrogen-bond donors (Lipinski definition) is 2. The van der Waals surface area contributed by atoms with Gasteiger partial charge in [0.05, 0.1) is 5.69 Å². The number of anilines is 1. The summed E-state index contributed by atoms with van der Waals surface area (Å²) in [6.45, 7) is 3.26. The predicted molar refractivity (Wildman–Crippen MR) is 76.5 cm³/mol. The van der Waals surface area contributed by atoms with Crippen LogP contribution in [0.1, 0.15) is 21.7 Å².